The standard InChI is InChI=1S/C17H30O/c1-4-13-6-5-7-15(10-13)16-11-14(12(2)3)8-9-17(16)18/h12-16H,4-11H2,1-3H3. The van der Waals surface area contributed by atoms with Gasteiger partial charge in [-0.25, -0.2) is 0 Å². The van der Waals surface area contributed by atoms with Crippen LogP contribution in [0.2, 0.25) is 0 Å². The molecule has 0 radical (unpaired) electrons. The minimum absolute atomic E-state index is 0.417. The van der Waals surface area contributed by atoms with Gasteiger partial charge in [-0.05, 0) is 49.4 Å². The van der Waals surface area contributed by atoms with Crippen LogP contribution in [-0.2, 0) is 4.79 Å². The number of rotatable bonds is 3. The van der Waals surface area contributed by atoms with Crippen molar-refractivity contribution in [3.05, 3.63) is 0 Å². The smallest absolute Gasteiger partial charge is 0.136 e. The largest absolute Gasteiger partial charge is 0.299 e. The molecule has 2 fully saturated rings. The highest BCUT2D eigenvalue weighted by Gasteiger charge is 2.37. The van der Waals surface area contributed by atoms with Gasteiger partial charge in [-0.1, -0.05) is 40.0 Å². The van der Waals surface area contributed by atoms with E-state index in [0.29, 0.717) is 11.7 Å². The number of hydrogen-bond acceptors (Lipinski definition) is 1. The van der Waals surface area contributed by atoms with E-state index < -0.39 is 0 Å². The summed E-state index contributed by atoms with van der Waals surface area (Å²) in [5.41, 5.74) is 0. The van der Waals surface area contributed by atoms with Gasteiger partial charge < -0.3 is 0 Å². The van der Waals surface area contributed by atoms with E-state index in [0.717, 1.165) is 36.5 Å². The summed E-state index contributed by atoms with van der Waals surface area (Å²) in [5.74, 6) is 4.18. The van der Waals surface area contributed by atoms with Crippen molar-refractivity contribution in [1.29, 1.82) is 0 Å². The molecule has 18 heavy (non-hydrogen) atoms. The fourth-order valence-corrected chi connectivity index (χ4v) is 4.22. The number of hydrogen-bond donors (Lipinski definition) is 0. The number of carbonyl (C=O) groups excluding carboxylic acids is 1. The van der Waals surface area contributed by atoms with Crippen molar-refractivity contribution in [2.24, 2.45) is 29.6 Å². The van der Waals surface area contributed by atoms with Gasteiger partial charge in [0, 0.05) is 12.3 Å². The highest BCUT2D eigenvalue weighted by Crippen LogP contribution is 2.42. The normalized spacial score (nSPS) is 38.1. The van der Waals surface area contributed by atoms with Crippen LogP contribution >= 0.6 is 0 Å². The summed E-state index contributed by atoms with van der Waals surface area (Å²) in [7, 11) is 0. The third-order valence-corrected chi connectivity index (χ3v) is 5.64. The molecule has 0 aromatic carbocycles. The highest BCUT2D eigenvalue weighted by molar-refractivity contribution is 5.82. The van der Waals surface area contributed by atoms with Crippen LogP contribution in [0, 0.1) is 29.6 Å². The van der Waals surface area contributed by atoms with E-state index in [1.165, 1.54) is 38.5 Å². The molecule has 0 aromatic rings. The third-order valence-electron chi connectivity index (χ3n) is 5.64. The first-order valence-electron chi connectivity index (χ1n) is 8.14. The Morgan fingerprint density at radius 2 is 1.94 bits per heavy atom. The molecule has 2 rings (SSSR count). The minimum atomic E-state index is 0.417. The summed E-state index contributed by atoms with van der Waals surface area (Å²) < 4.78 is 0. The minimum Gasteiger partial charge on any atom is -0.299 e. The topological polar surface area (TPSA) is 17.1 Å². The van der Waals surface area contributed by atoms with Gasteiger partial charge in [0.15, 0.2) is 0 Å². The van der Waals surface area contributed by atoms with Gasteiger partial charge in [0.2, 0.25) is 0 Å². The average Bonchev–Trinajstić information content (AvgIpc) is 2.39. The number of ketones is 1. The fourth-order valence-electron chi connectivity index (χ4n) is 4.22. The molecule has 0 spiro atoms. The predicted molar refractivity (Wildman–Crippen MR) is 76.4 cm³/mol. The van der Waals surface area contributed by atoms with Crippen LogP contribution in [-0.4, -0.2) is 5.78 Å². The molecule has 0 N–H and O–H groups in total. The van der Waals surface area contributed by atoms with Gasteiger partial charge >= 0.3 is 0 Å². The second-order valence-electron chi connectivity index (χ2n) is 7.05. The van der Waals surface area contributed by atoms with Crippen molar-refractivity contribution in [3.8, 4) is 0 Å². The molecule has 2 aliphatic rings. The maximum Gasteiger partial charge on any atom is 0.136 e. The zero-order valence-electron chi connectivity index (χ0n) is 12.5. The van der Waals surface area contributed by atoms with Crippen LogP contribution in [0.4, 0.5) is 0 Å². The van der Waals surface area contributed by atoms with Crippen molar-refractivity contribution in [2.75, 3.05) is 0 Å². The van der Waals surface area contributed by atoms with E-state index in [2.05, 4.69) is 20.8 Å². The Kier molecular flexibility index (Phi) is 4.86. The van der Waals surface area contributed by atoms with E-state index in [1.54, 1.807) is 0 Å². The zero-order chi connectivity index (χ0) is 13.1. The highest BCUT2D eigenvalue weighted by atomic mass is 16.1. The second kappa shape index (κ2) is 6.21. The molecule has 0 aliphatic heterocycles. The van der Waals surface area contributed by atoms with Gasteiger partial charge in [0.05, 0.1) is 0 Å². The summed E-state index contributed by atoms with van der Waals surface area (Å²) in [5, 5.41) is 0. The molecule has 4 unspecified atom stereocenters. The average molecular weight is 250 g/mol. The summed E-state index contributed by atoms with van der Waals surface area (Å²) in [4.78, 5) is 12.3. The molecule has 104 valence electrons. The lowest BCUT2D eigenvalue weighted by Crippen LogP contribution is -2.35. The Labute approximate surface area is 113 Å². The van der Waals surface area contributed by atoms with Crippen LogP contribution < -0.4 is 0 Å². The Hall–Kier alpha value is -0.330. The third kappa shape index (κ3) is 3.16. The first kappa shape index (κ1) is 14.1. The molecular weight excluding hydrogens is 220 g/mol. The van der Waals surface area contributed by atoms with Crippen LogP contribution in [0.25, 0.3) is 0 Å². The monoisotopic (exact) mass is 250 g/mol. The second-order valence-corrected chi connectivity index (χ2v) is 7.05. The van der Waals surface area contributed by atoms with Gasteiger partial charge in [-0.15, -0.1) is 0 Å². The first-order chi connectivity index (χ1) is 8.61. The number of carbonyl (C=O) groups is 1. The molecule has 0 saturated heterocycles. The Bertz CT molecular complexity index is 281. The Morgan fingerprint density at radius 1 is 1.17 bits per heavy atom. The van der Waals surface area contributed by atoms with Gasteiger partial charge in [0.1, 0.15) is 5.78 Å². The van der Waals surface area contributed by atoms with E-state index in [4.69, 9.17) is 0 Å². The fraction of sp³-hybridized carbons (Fsp3) is 0.941. The molecule has 1 heteroatoms. The quantitative estimate of drug-likeness (QED) is 0.700. The molecule has 1 nitrogen and oxygen atoms in total. The maximum absolute atomic E-state index is 12.3. The van der Waals surface area contributed by atoms with E-state index >= 15 is 0 Å². The molecule has 0 amide bonds. The van der Waals surface area contributed by atoms with E-state index in [-0.39, 0.29) is 0 Å². The summed E-state index contributed by atoms with van der Waals surface area (Å²) in [6, 6.07) is 0. The lowest BCUT2D eigenvalue weighted by molar-refractivity contribution is -0.128. The molecular formula is C17H30O. The van der Waals surface area contributed by atoms with Crippen molar-refractivity contribution in [1.82, 2.24) is 0 Å². The summed E-state index contributed by atoms with van der Waals surface area (Å²) >= 11 is 0. The SMILES string of the molecule is CCC1CCCC(C2CC(C(C)C)CCC2=O)C1. The Balaban J connectivity index is 1.98. The molecule has 0 heterocycles. The van der Waals surface area contributed by atoms with E-state index in [1.807, 2.05) is 0 Å². The van der Waals surface area contributed by atoms with Crippen LogP contribution in [0.5, 0.6) is 0 Å². The maximum atomic E-state index is 12.3. The van der Waals surface area contributed by atoms with Crippen molar-refractivity contribution < 1.29 is 4.79 Å². The molecule has 0 bridgehead atoms. The molecule has 4 atom stereocenters. The Morgan fingerprint density at radius 3 is 2.61 bits per heavy atom. The molecule has 2 aliphatic carbocycles. The lowest BCUT2D eigenvalue weighted by atomic mass is 9.65. The van der Waals surface area contributed by atoms with Crippen LogP contribution in [0.1, 0.15) is 72.1 Å². The summed E-state index contributed by atoms with van der Waals surface area (Å²) in [6.07, 6.45) is 9.93. The molecule has 0 aromatic heterocycles. The zero-order valence-corrected chi connectivity index (χ0v) is 12.5. The molecule has 2 saturated carbocycles. The van der Waals surface area contributed by atoms with Crippen molar-refractivity contribution >= 4 is 5.78 Å². The number of Topliss-reactive ketones (excluding diaryl/α,β-unsaturated/α-hetero) is 1. The van der Waals surface area contributed by atoms with Gasteiger partial charge in [-0.2, -0.15) is 0 Å². The van der Waals surface area contributed by atoms with Gasteiger partial charge in [-0.3, -0.25) is 4.79 Å². The summed E-state index contributed by atoms with van der Waals surface area (Å²) in [6.45, 7) is 6.97. The van der Waals surface area contributed by atoms with E-state index in [9.17, 15) is 4.79 Å². The first-order valence-corrected chi connectivity index (χ1v) is 8.14. The predicted octanol–water partition coefficient (Wildman–Crippen LogP) is 4.84. The van der Waals surface area contributed by atoms with Crippen LogP contribution in [0.15, 0.2) is 0 Å². The lowest BCUT2D eigenvalue weighted by Gasteiger charge is -2.38. The van der Waals surface area contributed by atoms with Crippen molar-refractivity contribution in [3.63, 3.8) is 0 Å². The van der Waals surface area contributed by atoms with Crippen molar-refractivity contribution in [2.45, 2.75) is 72.1 Å². The van der Waals surface area contributed by atoms with Gasteiger partial charge in [0.25, 0.3) is 0 Å². The van der Waals surface area contributed by atoms with Crippen LogP contribution in [0.3, 0.4) is 0 Å².